The molecular weight excluding hydrogens is 221 g/mol. The summed E-state index contributed by atoms with van der Waals surface area (Å²) in [6, 6.07) is 4.37. The van der Waals surface area contributed by atoms with Gasteiger partial charge >= 0.3 is 0 Å². The van der Waals surface area contributed by atoms with E-state index in [0.29, 0.717) is 17.0 Å². The maximum Gasteiger partial charge on any atom is 0.128 e. The van der Waals surface area contributed by atoms with Gasteiger partial charge in [-0.05, 0) is 25.1 Å². The van der Waals surface area contributed by atoms with Crippen molar-refractivity contribution in [2.45, 2.75) is 6.92 Å². The number of nitrogens with one attached hydrogen (secondary N) is 2. The first-order valence-electron chi connectivity index (χ1n) is 5.24. The summed E-state index contributed by atoms with van der Waals surface area (Å²) in [5, 5.41) is 10.1. The van der Waals surface area contributed by atoms with Gasteiger partial charge in [0, 0.05) is 12.6 Å². The van der Waals surface area contributed by atoms with Crippen molar-refractivity contribution in [3.05, 3.63) is 29.7 Å². The molecular formula is C12H14FN3O. The van der Waals surface area contributed by atoms with Crippen LogP contribution in [0.3, 0.4) is 0 Å². The fourth-order valence-electron chi connectivity index (χ4n) is 1.80. The molecule has 0 unspecified atom stereocenters. The Morgan fingerprint density at radius 1 is 1.41 bits per heavy atom. The van der Waals surface area contributed by atoms with Gasteiger partial charge in [0.2, 0.25) is 0 Å². The number of rotatable bonds is 3. The minimum Gasteiger partial charge on any atom is -0.496 e. The highest BCUT2D eigenvalue weighted by Crippen LogP contribution is 2.35. The summed E-state index contributed by atoms with van der Waals surface area (Å²) in [5.74, 6) is 0.276. The van der Waals surface area contributed by atoms with Gasteiger partial charge < -0.3 is 10.1 Å². The third-order valence-corrected chi connectivity index (χ3v) is 2.61. The van der Waals surface area contributed by atoms with Crippen molar-refractivity contribution in [3.63, 3.8) is 0 Å². The van der Waals surface area contributed by atoms with Gasteiger partial charge in [0.1, 0.15) is 17.3 Å². The molecule has 2 aromatic rings. The minimum absolute atomic E-state index is 0.316. The van der Waals surface area contributed by atoms with Gasteiger partial charge in [-0.25, -0.2) is 4.39 Å². The lowest BCUT2D eigenvalue weighted by Crippen LogP contribution is -1.94. The number of hydrogen-bond donors (Lipinski definition) is 2. The number of benzene rings is 1. The molecule has 0 amide bonds. The largest absolute Gasteiger partial charge is 0.496 e. The van der Waals surface area contributed by atoms with Crippen LogP contribution in [0, 0.1) is 12.7 Å². The predicted octanol–water partition coefficient (Wildman–Crippen LogP) is 2.57. The maximum atomic E-state index is 13.3. The highest BCUT2D eigenvalue weighted by Gasteiger charge is 2.15. The molecule has 4 nitrogen and oxygen atoms in total. The molecule has 0 saturated heterocycles. The van der Waals surface area contributed by atoms with Gasteiger partial charge in [-0.2, -0.15) is 5.10 Å². The van der Waals surface area contributed by atoms with Crippen molar-refractivity contribution < 1.29 is 9.13 Å². The number of nitrogens with zero attached hydrogens (tertiary/aromatic N) is 1. The molecule has 0 radical (unpaired) electrons. The van der Waals surface area contributed by atoms with E-state index in [1.54, 1.807) is 20.2 Å². The Balaban J connectivity index is 2.62. The van der Waals surface area contributed by atoms with Gasteiger partial charge in [0.05, 0.1) is 18.5 Å². The fraction of sp³-hybridized carbons (Fsp3) is 0.250. The molecule has 1 aromatic heterocycles. The Kier molecular flexibility index (Phi) is 2.99. The zero-order valence-electron chi connectivity index (χ0n) is 9.97. The van der Waals surface area contributed by atoms with Crippen LogP contribution in [-0.4, -0.2) is 24.4 Å². The van der Waals surface area contributed by atoms with E-state index in [9.17, 15) is 4.39 Å². The SMILES string of the molecule is CNc1c(-c2cc(F)ccc2OC)n[nH]c1C. The lowest BCUT2D eigenvalue weighted by Gasteiger charge is -2.08. The van der Waals surface area contributed by atoms with Crippen LogP contribution < -0.4 is 10.1 Å². The monoisotopic (exact) mass is 235 g/mol. The van der Waals surface area contributed by atoms with E-state index in [1.807, 2.05) is 6.92 Å². The quantitative estimate of drug-likeness (QED) is 0.859. The molecule has 0 aliphatic rings. The molecule has 0 bridgehead atoms. The second-order valence-electron chi connectivity index (χ2n) is 3.67. The van der Waals surface area contributed by atoms with Crippen molar-refractivity contribution in [2.24, 2.45) is 0 Å². The average molecular weight is 235 g/mol. The first kappa shape index (κ1) is 11.4. The van der Waals surface area contributed by atoms with Crippen LogP contribution in [0.5, 0.6) is 5.75 Å². The Morgan fingerprint density at radius 2 is 2.18 bits per heavy atom. The zero-order valence-corrected chi connectivity index (χ0v) is 9.97. The summed E-state index contributed by atoms with van der Waals surface area (Å²) in [5.41, 5.74) is 3.02. The molecule has 2 rings (SSSR count). The van der Waals surface area contributed by atoms with E-state index in [2.05, 4.69) is 15.5 Å². The molecule has 1 aromatic carbocycles. The van der Waals surface area contributed by atoms with Crippen molar-refractivity contribution in [1.82, 2.24) is 10.2 Å². The van der Waals surface area contributed by atoms with Gasteiger partial charge in [-0.15, -0.1) is 0 Å². The van der Waals surface area contributed by atoms with E-state index in [-0.39, 0.29) is 5.82 Å². The molecule has 0 saturated carbocycles. The van der Waals surface area contributed by atoms with Crippen LogP contribution in [0.25, 0.3) is 11.3 Å². The smallest absolute Gasteiger partial charge is 0.128 e. The van der Waals surface area contributed by atoms with Gasteiger partial charge in [0.25, 0.3) is 0 Å². The van der Waals surface area contributed by atoms with Gasteiger partial charge in [-0.1, -0.05) is 0 Å². The van der Waals surface area contributed by atoms with Crippen molar-refractivity contribution in [1.29, 1.82) is 0 Å². The molecule has 5 heteroatoms. The Hall–Kier alpha value is -2.04. The topological polar surface area (TPSA) is 49.9 Å². The number of hydrogen-bond acceptors (Lipinski definition) is 3. The number of H-pyrrole nitrogens is 1. The Bertz CT molecular complexity index is 537. The van der Waals surface area contributed by atoms with E-state index >= 15 is 0 Å². The number of methoxy groups -OCH3 is 1. The average Bonchev–Trinajstić information content (AvgIpc) is 2.70. The normalized spacial score (nSPS) is 10.4. The lowest BCUT2D eigenvalue weighted by atomic mass is 10.1. The van der Waals surface area contributed by atoms with Crippen LogP contribution in [-0.2, 0) is 0 Å². The number of anilines is 1. The van der Waals surface area contributed by atoms with E-state index in [0.717, 1.165) is 11.4 Å². The summed E-state index contributed by atoms with van der Waals surface area (Å²) in [6.07, 6.45) is 0. The van der Waals surface area contributed by atoms with Gasteiger partial charge in [-0.3, -0.25) is 5.10 Å². The second kappa shape index (κ2) is 4.45. The summed E-state index contributed by atoms with van der Waals surface area (Å²) >= 11 is 0. The van der Waals surface area contributed by atoms with Crippen molar-refractivity contribution in [2.75, 3.05) is 19.5 Å². The highest BCUT2D eigenvalue weighted by atomic mass is 19.1. The summed E-state index contributed by atoms with van der Waals surface area (Å²) < 4.78 is 18.5. The lowest BCUT2D eigenvalue weighted by molar-refractivity contribution is 0.415. The molecule has 0 atom stereocenters. The van der Waals surface area contributed by atoms with Crippen LogP contribution in [0.1, 0.15) is 5.69 Å². The molecule has 90 valence electrons. The standard InChI is InChI=1S/C12H14FN3O/c1-7-11(14-2)12(16-15-7)9-6-8(13)4-5-10(9)17-3/h4-6,14H,1-3H3,(H,15,16). The van der Waals surface area contributed by atoms with Crippen LogP contribution in [0.2, 0.25) is 0 Å². The molecule has 17 heavy (non-hydrogen) atoms. The molecule has 0 spiro atoms. The molecule has 2 N–H and O–H groups in total. The molecule has 0 aliphatic heterocycles. The van der Waals surface area contributed by atoms with Crippen LogP contribution in [0.4, 0.5) is 10.1 Å². The fourth-order valence-corrected chi connectivity index (χ4v) is 1.80. The summed E-state index contributed by atoms with van der Waals surface area (Å²) in [6.45, 7) is 1.90. The predicted molar refractivity (Wildman–Crippen MR) is 64.8 cm³/mol. The van der Waals surface area contributed by atoms with Crippen molar-refractivity contribution in [3.8, 4) is 17.0 Å². The van der Waals surface area contributed by atoms with Crippen LogP contribution in [0.15, 0.2) is 18.2 Å². The maximum absolute atomic E-state index is 13.3. The second-order valence-corrected chi connectivity index (χ2v) is 3.67. The highest BCUT2D eigenvalue weighted by molar-refractivity contribution is 5.79. The molecule has 0 fully saturated rings. The third kappa shape index (κ3) is 1.95. The number of halogens is 1. The van der Waals surface area contributed by atoms with Crippen molar-refractivity contribution >= 4 is 5.69 Å². The Morgan fingerprint density at radius 3 is 2.82 bits per heavy atom. The van der Waals surface area contributed by atoms with Crippen LogP contribution >= 0.6 is 0 Å². The Labute approximate surface area is 98.8 Å². The summed E-state index contributed by atoms with van der Waals surface area (Å²) in [4.78, 5) is 0. The first-order chi connectivity index (χ1) is 8.17. The number of aromatic nitrogens is 2. The molecule has 0 aliphatic carbocycles. The van der Waals surface area contributed by atoms with E-state index < -0.39 is 0 Å². The number of ether oxygens (including phenoxy) is 1. The number of aromatic amines is 1. The summed E-state index contributed by atoms with van der Waals surface area (Å²) in [7, 11) is 3.35. The zero-order chi connectivity index (χ0) is 12.4. The van der Waals surface area contributed by atoms with E-state index in [4.69, 9.17) is 4.74 Å². The molecule has 1 heterocycles. The third-order valence-electron chi connectivity index (χ3n) is 2.61. The minimum atomic E-state index is -0.316. The van der Waals surface area contributed by atoms with Gasteiger partial charge in [0.15, 0.2) is 0 Å². The number of aryl methyl sites for hydroxylation is 1. The van der Waals surface area contributed by atoms with E-state index in [1.165, 1.54) is 12.1 Å². The first-order valence-corrected chi connectivity index (χ1v) is 5.24.